The van der Waals surface area contributed by atoms with E-state index in [1.165, 1.54) is 0 Å². The van der Waals surface area contributed by atoms with E-state index in [4.69, 9.17) is 5.11 Å². The molecule has 0 aliphatic rings. The molecule has 0 aliphatic carbocycles. The molecule has 0 bridgehead atoms. The number of aliphatic carboxylic acids is 1. The van der Waals surface area contributed by atoms with Crippen molar-refractivity contribution in [2.45, 2.75) is 32.2 Å². The number of rotatable bonds is 6. The van der Waals surface area contributed by atoms with Crippen molar-refractivity contribution in [1.82, 2.24) is 5.32 Å². The number of amides is 1. The number of carboxylic acid groups (broad SMARTS) is 1. The summed E-state index contributed by atoms with van der Waals surface area (Å²) in [4.78, 5) is 22.9. The van der Waals surface area contributed by atoms with Crippen LogP contribution in [0.2, 0.25) is 0 Å². The van der Waals surface area contributed by atoms with Crippen molar-refractivity contribution in [2.24, 2.45) is 0 Å². The molecule has 1 aromatic heterocycles. The van der Waals surface area contributed by atoms with Crippen LogP contribution in [0, 0.1) is 0 Å². The lowest BCUT2D eigenvalue weighted by atomic mass is 10.1. The SMILES string of the molecule is CCc1ccsc1C(=O)NC(CC(F)F)C(=O)O. The number of alkyl halides is 2. The highest BCUT2D eigenvalue weighted by atomic mass is 32.1. The van der Waals surface area contributed by atoms with Gasteiger partial charge in [-0.3, -0.25) is 4.79 Å². The normalized spacial score (nSPS) is 12.4. The fourth-order valence-electron chi connectivity index (χ4n) is 1.44. The molecule has 1 unspecified atom stereocenters. The van der Waals surface area contributed by atoms with Crippen molar-refractivity contribution >= 4 is 23.2 Å². The van der Waals surface area contributed by atoms with Crippen LogP contribution in [0.3, 0.4) is 0 Å². The molecule has 1 heterocycles. The maximum Gasteiger partial charge on any atom is 0.326 e. The third-order valence-corrected chi connectivity index (χ3v) is 3.31. The molecule has 0 aromatic carbocycles. The molecule has 2 N–H and O–H groups in total. The van der Waals surface area contributed by atoms with Crippen LogP contribution in [-0.2, 0) is 11.2 Å². The van der Waals surface area contributed by atoms with Crippen LogP contribution in [0.25, 0.3) is 0 Å². The first-order valence-electron chi connectivity index (χ1n) is 5.33. The minimum absolute atomic E-state index is 0.373. The first-order chi connectivity index (χ1) is 8.45. The summed E-state index contributed by atoms with van der Waals surface area (Å²) in [6.07, 6.45) is -3.05. The highest BCUT2D eigenvalue weighted by molar-refractivity contribution is 7.12. The molecule has 100 valence electrons. The molecule has 0 spiro atoms. The molecule has 1 aromatic rings. The van der Waals surface area contributed by atoms with Gasteiger partial charge in [-0.25, -0.2) is 13.6 Å². The third kappa shape index (κ3) is 3.76. The van der Waals surface area contributed by atoms with Crippen LogP contribution < -0.4 is 5.32 Å². The van der Waals surface area contributed by atoms with Gasteiger partial charge >= 0.3 is 5.97 Å². The molecule has 18 heavy (non-hydrogen) atoms. The van der Waals surface area contributed by atoms with Gasteiger partial charge in [-0.15, -0.1) is 11.3 Å². The Hall–Kier alpha value is -1.50. The Balaban J connectivity index is 2.75. The van der Waals surface area contributed by atoms with Crippen LogP contribution in [-0.4, -0.2) is 29.5 Å². The first-order valence-corrected chi connectivity index (χ1v) is 6.21. The van der Waals surface area contributed by atoms with Crippen LogP contribution in [0.5, 0.6) is 0 Å². The average Bonchev–Trinajstić information content (AvgIpc) is 2.75. The summed E-state index contributed by atoms with van der Waals surface area (Å²) in [5, 5.41) is 12.6. The lowest BCUT2D eigenvalue weighted by Gasteiger charge is -2.13. The van der Waals surface area contributed by atoms with Gasteiger partial charge in [0.1, 0.15) is 6.04 Å². The topological polar surface area (TPSA) is 66.4 Å². The Morgan fingerprint density at radius 2 is 2.17 bits per heavy atom. The van der Waals surface area contributed by atoms with Gasteiger partial charge in [-0.1, -0.05) is 6.92 Å². The minimum Gasteiger partial charge on any atom is -0.480 e. The zero-order chi connectivity index (χ0) is 13.7. The zero-order valence-corrected chi connectivity index (χ0v) is 10.5. The van der Waals surface area contributed by atoms with E-state index in [9.17, 15) is 18.4 Å². The van der Waals surface area contributed by atoms with Gasteiger partial charge in [0, 0.05) is 6.42 Å². The van der Waals surface area contributed by atoms with Crippen molar-refractivity contribution in [3.05, 3.63) is 21.9 Å². The van der Waals surface area contributed by atoms with Gasteiger partial charge in [0.05, 0.1) is 4.88 Å². The Labute approximate surface area is 107 Å². The maximum atomic E-state index is 12.2. The lowest BCUT2D eigenvalue weighted by Crippen LogP contribution is -2.42. The highest BCUT2D eigenvalue weighted by Gasteiger charge is 2.25. The van der Waals surface area contributed by atoms with Gasteiger partial charge < -0.3 is 10.4 Å². The number of carbonyl (C=O) groups is 2. The monoisotopic (exact) mass is 277 g/mol. The Bertz CT molecular complexity index is 434. The van der Waals surface area contributed by atoms with Gasteiger partial charge in [0.2, 0.25) is 6.43 Å². The number of carboxylic acids is 1. The van der Waals surface area contributed by atoms with Crippen LogP contribution in [0.1, 0.15) is 28.6 Å². The molecular weight excluding hydrogens is 264 g/mol. The Kier molecular flexibility index (Phi) is 5.21. The maximum absolute atomic E-state index is 12.2. The van der Waals surface area contributed by atoms with Crippen molar-refractivity contribution < 1.29 is 23.5 Å². The molecule has 0 aliphatic heterocycles. The number of carbonyl (C=O) groups excluding carboxylic acids is 1. The second-order valence-corrected chi connectivity index (χ2v) is 4.54. The molecule has 4 nitrogen and oxygen atoms in total. The lowest BCUT2D eigenvalue weighted by molar-refractivity contribution is -0.140. The van der Waals surface area contributed by atoms with Crippen LogP contribution in [0.15, 0.2) is 11.4 Å². The molecule has 0 saturated carbocycles. The standard InChI is InChI=1S/C11H13F2NO3S/c1-2-6-3-4-18-9(6)10(15)14-7(11(16)17)5-8(12)13/h3-4,7-8H,2,5H2,1H3,(H,14,15)(H,16,17). The van der Waals surface area contributed by atoms with E-state index in [2.05, 4.69) is 5.32 Å². The predicted molar refractivity (Wildman–Crippen MR) is 63.2 cm³/mol. The number of aryl methyl sites for hydroxylation is 1. The number of hydrogen-bond donors (Lipinski definition) is 2. The summed E-state index contributed by atoms with van der Waals surface area (Å²) in [6, 6.07) is 0.187. The molecule has 1 amide bonds. The summed E-state index contributed by atoms with van der Waals surface area (Å²) in [5.41, 5.74) is 0.777. The molecule has 0 saturated heterocycles. The number of halogens is 2. The zero-order valence-electron chi connectivity index (χ0n) is 9.65. The third-order valence-electron chi connectivity index (χ3n) is 2.35. The van der Waals surface area contributed by atoms with Gasteiger partial charge in [-0.2, -0.15) is 0 Å². The van der Waals surface area contributed by atoms with Crippen molar-refractivity contribution in [3.8, 4) is 0 Å². The first kappa shape index (κ1) is 14.6. The number of hydrogen-bond acceptors (Lipinski definition) is 3. The molecule has 0 radical (unpaired) electrons. The largest absolute Gasteiger partial charge is 0.480 e. The fourth-order valence-corrected chi connectivity index (χ4v) is 2.33. The van der Waals surface area contributed by atoms with Crippen LogP contribution >= 0.6 is 11.3 Å². The van der Waals surface area contributed by atoms with Gasteiger partial charge in [-0.05, 0) is 23.4 Å². The van der Waals surface area contributed by atoms with E-state index in [1.807, 2.05) is 6.92 Å². The summed E-state index contributed by atoms with van der Waals surface area (Å²) in [6.45, 7) is 1.85. The molecule has 1 atom stereocenters. The van der Waals surface area contributed by atoms with Gasteiger partial charge in [0.25, 0.3) is 5.91 Å². The minimum atomic E-state index is -2.78. The summed E-state index contributed by atoms with van der Waals surface area (Å²) in [7, 11) is 0. The smallest absolute Gasteiger partial charge is 0.326 e. The number of thiophene rings is 1. The van der Waals surface area contributed by atoms with E-state index >= 15 is 0 Å². The van der Waals surface area contributed by atoms with E-state index in [0.29, 0.717) is 11.3 Å². The van der Waals surface area contributed by atoms with Crippen molar-refractivity contribution in [3.63, 3.8) is 0 Å². The number of nitrogens with one attached hydrogen (secondary N) is 1. The van der Waals surface area contributed by atoms with E-state index in [-0.39, 0.29) is 0 Å². The summed E-state index contributed by atoms with van der Waals surface area (Å²) >= 11 is 1.16. The van der Waals surface area contributed by atoms with Gasteiger partial charge in [0.15, 0.2) is 0 Å². The Morgan fingerprint density at radius 3 is 2.67 bits per heavy atom. The predicted octanol–water partition coefficient (Wildman–Crippen LogP) is 2.15. The second kappa shape index (κ2) is 6.44. The average molecular weight is 277 g/mol. The molecular formula is C11H13F2NO3S. The van der Waals surface area contributed by atoms with E-state index in [1.54, 1.807) is 11.4 Å². The fraction of sp³-hybridized carbons (Fsp3) is 0.455. The second-order valence-electron chi connectivity index (χ2n) is 3.62. The molecule has 0 fully saturated rings. The van der Waals surface area contributed by atoms with Crippen molar-refractivity contribution in [2.75, 3.05) is 0 Å². The van der Waals surface area contributed by atoms with Crippen LogP contribution in [0.4, 0.5) is 8.78 Å². The van der Waals surface area contributed by atoms with E-state index in [0.717, 1.165) is 16.9 Å². The summed E-state index contributed by atoms with van der Waals surface area (Å²) < 4.78 is 24.3. The molecule has 1 rings (SSSR count). The van der Waals surface area contributed by atoms with E-state index < -0.39 is 30.8 Å². The summed E-state index contributed by atoms with van der Waals surface area (Å²) in [5.74, 6) is -2.08. The Morgan fingerprint density at radius 1 is 1.50 bits per heavy atom. The molecule has 7 heteroatoms. The highest BCUT2D eigenvalue weighted by Crippen LogP contribution is 2.17. The van der Waals surface area contributed by atoms with Crippen molar-refractivity contribution in [1.29, 1.82) is 0 Å². The quantitative estimate of drug-likeness (QED) is 0.837.